The van der Waals surface area contributed by atoms with Crippen molar-refractivity contribution in [2.24, 2.45) is 0 Å². The van der Waals surface area contributed by atoms with Crippen LogP contribution >= 0.6 is 0 Å². The first-order valence-electron chi connectivity index (χ1n) is 10.4. The maximum absolute atomic E-state index is 13.3. The maximum atomic E-state index is 13.3. The lowest BCUT2D eigenvalue weighted by Crippen LogP contribution is -2.36. The predicted octanol–water partition coefficient (Wildman–Crippen LogP) is 3.60. The molecule has 3 N–H and O–H groups in total. The third-order valence-corrected chi connectivity index (χ3v) is 4.73. The van der Waals surface area contributed by atoms with Crippen LogP contribution in [-0.4, -0.2) is 49.9 Å². The molecule has 0 saturated carbocycles. The molecule has 0 atom stereocenters. The van der Waals surface area contributed by atoms with Gasteiger partial charge in [-0.05, 0) is 61.6 Å². The summed E-state index contributed by atoms with van der Waals surface area (Å²) in [5, 5.41) is 8.07. The van der Waals surface area contributed by atoms with Crippen LogP contribution in [0.3, 0.4) is 0 Å². The van der Waals surface area contributed by atoms with E-state index < -0.39 is 11.7 Å². The van der Waals surface area contributed by atoms with Gasteiger partial charge in [0.15, 0.2) is 0 Å². The SMILES string of the molecule is COc1ccc(NC(=O)c2ccccc2NC(=O)CN(C)CC(=O)Nc2cccc(F)c2)cc1. The molecule has 3 aromatic rings. The van der Waals surface area contributed by atoms with Crippen molar-refractivity contribution in [2.45, 2.75) is 0 Å². The highest BCUT2D eigenvalue weighted by atomic mass is 19.1. The molecule has 3 aromatic carbocycles. The number of anilines is 3. The zero-order valence-electron chi connectivity index (χ0n) is 18.8. The fourth-order valence-electron chi connectivity index (χ4n) is 3.17. The van der Waals surface area contributed by atoms with E-state index in [4.69, 9.17) is 4.74 Å². The first kappa shape index (κ1) is 24.4. The molecule has 176 valence electrons. The lowest BCUT2D eigenvalue weighted by molar-refractivity contribution is -0.119. The number of rotatable bonds is 9. The summed E-state index contributed by atoms with van der Waals surface area (Å²) in [5.74, 6) is -0.963. The lowest BCUT2D eigenvalue weighted by atomic mass is 10.1. The largest absolute Gasteiger partial charge is 0.497 e. The zero-order chi connectivity index (χ0) is 24.5. The first-order valence-corrected chi connectivity index (χ1v) is 10.4. The Morgan fingerprint density at radius 2 is 1.50 bits per heavy atom. The summed E-state index contributed by atoms with van der Waals surface area (Å²) in [4.78, 5) is 39.0. The lowest BCUT2D eigenvalue weighted by Gasteiger charge is -2.17. The molecule has 0 aliphatic heterocycles. The number of hydrogen-bond acceptors (Lipinski definition) is 5. The van der Waals surface area contributed by atoms with Crippen LogP contribution in [0.4, 0.5) is 21.5 Å². The zero-order valence-corrected chi connectivity index (χ0v) is 18.8. The van der Waals surface area contributed by atoms with E-state index in [-0.39, 0.29) is 30.5 Å². The average Bonchev–Trinajstić information content (AvgIpc) is 2.79. The van der Waals surface area contributed by atoms with Crippen LogP contribution in [0.1, 0.15) is 10.4 Å². The van der Waals surface area contributed by atoms with Crippen molar-refractivity contribution in [2.75, 3.05) is 43.2 Å². The van der Waals surface area contributed by atoms with E-state index in [0.29, 0.717) is 22.8 Å². The van der Waals surface area contributed by atoms with Crippen LogP contribution < -0.4 is 20.7 Å². The monoisotopic (exact) mass is 464 g/mol. The minimum Gasteiger partial charge on any atom is -0.497 e. The van der Waals surface area contributed by atoms with Gasteiger partial charge in [-0.2, -0.15) is 0 Å². The number of amides is 3. The van der Waals surface area contributed by atoms with Gasteiger partial charge in [0.2, 0.25) is 11.8 Å². The van der Waals surface area contributed by atoms with Gasteiger partial charge < -0.3 is 20.7 Å². The highest BCUT2D eigenvalue weighted by Crippen LogP contribution is 2.19. The summed E-state index contributed by atoms with van der Waals surface area (Å²) in [7, 11) is 3.16. The Bertz CT molecular complexity index is 1170. The summed E-state index contributed by atoms with van der Waals surface area (Å²) in [6.45, 7) is -0.172. The van der Waals surface area contributed by atoms with Crippen molar-refractivity contribution in [1.29, 1.82) is 0 Å². The minimum atomic E-state index is -0.458. The number of ether oxygens (including phenoxy) is 1. The molecule has 0 bridgehead atoms. The highest BCUT2D eigenvalue weighted by Gasteiger charge is 2.16. The fraction of sp³-hybridized carbons (Fsp3) is 0.160. The number of carbonyl (C=O) groups is 3. The standard InChI is InChI=1S/C25H25FN4O4/c1-30(15-23(31)27-19-7-5-6-17(26)14-19)16-24(32)29-22-9-4-3-8-21(22)25(33)28-18-10-12-20(34-2)13-11-18/h3-14H,15-16H2,1-2H3,(H,27,31)(H,28,33)(H,29,32). The van der Waals surface area contributed by atoms with E-state index in [1.807, 2.05) is 0 Å². The molecule has 3 amide bonds. The topological polar surface area (TPSA) is 99.8 Å². The summed E-state index contributed by atoms with van der Waals surface area (Å²) in [6.07, 6.45) is 0. The molecule has 8 nitrogen and oxygen atoms in total. The molecule has 0 radical (unpaired) electrons. The molecule has 0 spiro atoms. The van der Waals surface area contributed by atoms with Crippen molar-refractivity contribution < 1.29 is 23.5 Å². The minimum absolute atomic E-state index is 0.0798. The molecule has 0 saturated heterocycles. The third-order valence-electron chi connectivity index (χ3n) is 4.73. The van der Waals surface area contributed by atoms with Crippen LogP contribution in [0.15, 0.2) is 72.8 Å². The Morgan fingerprint density at radius 1 is 0.824 bits per heavy atom. The molecule has 34 heavy (non-hydrogen) atoms. The fourth-order valence-corrected chi connectivity index (χ4v) is 3.17. The number of halogens is 1. The molecule has 0 fully saturated rings. The number of nitrogens with one attached hydrogen (secondary N) is 3. The summed E-state index contributed by atoms with van der Waals surface area (Å²) in [5.41, 5.74) is 1.55. The van der Waals surface area contributed by atoms with E-state index in [1.165, 1.54) is 23.1 Å². The Hall–Kier alpha value is -4.24. The highest BCUT2D eigenvalue weighted by molar-refractivity contribution is 6.10. The van der Waals surface area contributed by atoms with Crippen molar-refractivity contribution in [3.8, 4) is 5.75 Å². The Morgan fingerprint density at radius 3 is 2.18 bits per heavy atom. The molecule has 9 heteroatoms. The molecule has 0 aliphatic rings. The molecule has 0 aliphatic carbocycles. The van der Waals surface area contributed by atoms with Crippen molar-refractivity contribution in [1.82, 2.24) is 4.90 Å². The number of nitrogens with zero attached hydrogens (tertiary/aromatic N) is 1. The number of para-hydroxylation sites is 1. The predicted molar refractivity (Wildman–Crippen MR) is 129 cm³/mol. The van der Waals surface area contributed by atoms with Crippen molar-refractivity contribution in [3.63, 3.8) is 0 Å². The molecular weight excluding hydrogens is 439 g/mol. The van der Waals surface area contributed by atoms with Crippen LogP contribution in [0.2, 0.25) is 0 Å². The van der Waals surface area contributed by atoms with Gasteiger partial charge in [-0.15, -0.1) is 0 Å². The summed E-state index contributed by atoms with van der Waals surface area (Å²) < 4.78 is 18.4. The molecule has 0 unspecified atom stereocenters. The number of methoxy groups -OCH3 is 1. The molecule has 0 aromatic heterocycles. The normalized spacial score (nSPS) is 10.5. The van der Waals surface area contributed by atoms with Crippen molar-refractivity contribution >= 4 is 34.8 Å². The van der Waals surface area contributed by atoms with Gasteiger partial charge in [0.25, 0.3) is 5.91 Å². The maximum Gasteiger partial charge on any atom is 0.257 e. The molecular formula is C25H25FN4O4. The third kappa shape index (κ3) is 7.14. The van der Waals surface area contributed by atoms with Gasteiger partial charge >= 0.3 is 0 Å². The summed E-state index contributed by atoms with van der Waals surface area (Å²) in [6, 6.07) is 19.0. The Kier molecular flexibility index (Phi) is 8.31. The van der Waals surface area contributed by atoms with Gasteiger partial charge in [0, 0.05) is 11.4 Å². The van der Waals surface area contributed by atoms with Crippen molar-refractivity contribution in [3.05, 3.63) is 84.2 Å². The van der Waals surface area contributed by atoms with Gasteiger partial charge in [0.1, 0.15) is 11.6 Å². The van der Waals surface area contributed by atoms with E-state index in [0.717, 1.165) is 0 Å². The van der Waals surface area contributed by atoms with E-state index in [1.54, 1.807) is 68.8 Å². The van der Waals surface area contributed by atoms with Crippen LogP contribution in [-0.2, 0) is 9.59 Å². The van der Waals surface area contributed by atoms with E-state index >= 15 is 0 Å². The molecule has 0 heterocycles. The second kappa shape index (κ2) is 11.6. The van der Waals surface area contributed by atoms with E-state index in [2.05, 4.69) is 16.0 Å². The number of hydrogen-bond donors (Lipinski definition) is 3. The number of likely N-dealkylation sites (N-methyl/N-ethyl adjacent to an activating group) is 1. The van der Waals surface area contributed by atoms with Crippen LogP contribution in [0, 0.1) is 5.82 Å². The van der Waals surface area contributed by atoms with Gasteiger partial charge in [0.05, 0.1) is 31.5 Å². The van der Waals surface area contributed by atoms with Gasteiger partial charge in [-0.1, -0.05) is 18.2 Å². The Balaban J connectivity index is 1.56. The van der Waals surface area contributed by atoms with Crippen LogP contribution in [0.25, 0.3) is 0 Å². The second-order valence-electron chi connectivity index (χ2n) is 7.51. The van der Waals surface area contributed by atoms with Gasteiger partial charge in [-0.25, -0.2) is 4.39 Å². The Labute approximate surface area is 196 Å². The average molecular weight is 464 g/mol. The molecule has 3 rings (SSSR count). The first-order chi connectivity index (χ1) is 16.3. The van der Waals surface area contributed by atoms with E-state index in [9.17, 15) is 18.8 Å². The second-order valence-corrected chi connectivity index (χ2v) is 7.51. The number of carbonyl (C=O) groups excluding carboxylic acids is 3. The quantitative estimate of drug-likeness (QED) is 0.449. The smallest absolute Gasteiger partial charge is 0.257 e. The van der Waals surface area contributed by atoms with Crippen LogP contribution in [0.5, 0.6) is 5.75 Å². The summed E-state index contributed by atoms with van der Waals surface area (Å²) >= 11 is 0. The number of benzene rings is 3. The van der Waals surface area contributed by atoms with Gasteiger partial charge in [-0.3, -0.25) is 19.3 Å².